The normalized spacial score (nSPS) is 20.1. The Morgan fingerprint density at radius 2 is 1.96 bits per heavy atom. The second kappa shape index (κ2) is 8.59. The third-order valence-electron chi connectivity index (χ3n) is 4.35. The molecular formula is C19H21ClN2O2S. The molecule has 0 radical (unpaired) electrons. The molecule has 1 aliphatic carbocycles. The van der Waals surface area contributed by atoms with E-state index in [1.54, 1.807) is 30.1 Å². The van der Waals surface area contributed by atoms with Gasteiger partial charge in [-0.05, 0) is 50.1 Å². The molecule has 0 saturated heterocycles. The molecule has 0 bridgehead atoms. The van der Waals surface area contributed by atoms with Crippen LogP contribution in [-0.2, 0) is 0 Å². The molecule has 1 amide bonds. The zero-order valence-corrected chi connectivity index (χ0v) is 15.6. The highest BCUT2D eigenvalue weighted by Crippen LogP contribution is 2.25. The molecule has 0 aliphatic heterocycles. The van der Waals surface area contributed by atoms with Crippen molar-refractivity contribution in [2.45, 2.75) is 42.7 Å². The molecule has 4 nitrogen and oxygen atoms in total. The summed E-state index contributed by atoms with van der Waals surface area (Å²) in [6.45, 7) is 0. The Labute approximate surface area is 157 Å². The van der Waals surface area contributed by atoms with Crippen LogP contribution >= 0.6 is 23.4 Å². The van der Waals surface area contributed by atoms with Crippen LogP contribution in [0.4, 0.5) is 0 Å². The predicted octanol–water partition coefficient (Wildman–Crippen LogP) is 4.58. The lowest BCUT2D eigenvalue weighted by molar-refractivity contribution is 0.0887. The quantitative estimate of drug-likeness (QED) is 0.776. The van der Waals surface area contributed by atoms with Crippen LogP contribution in [0.2, 0.25) is 5.02 Å². The number of nitrogens with one attached hydrogen (secondary N) is 1. The van der Waals surface area contributed by atoms with E-state index in [1.807, 2.05) is 30.5 Å². The minimum atomic E-state index is 0.00804. The fraction of sp³-hybridized carbons (Fsp3) is 0.368. The highest BCUT2D eigenvalue weighted by molar-refractivity contribution is 7.98. The van der Waals surface area contributed by atoms with E-state index in [2.05, 4.69) is 10.3 Å². The second-order valence-electron chi connectivity index (χ2n) is 6.08. The molecule has 1 heterocycles. The van der Waals surface area contributed by atoms with Crippen LogP contribution in [-0.4, -0.2) is 29.3 Å². The molecule has 1 aromatic heterocycles. The van der Waals surface area contributed by atoms with Crippen molar-refractivity contribution in [2.75, 3.05) is 6.26 Å². The fourth-order valence-corrected chi connectivity index (χ4v) is 3.73. The van der Waals surface area contributed by atoms with Gasteiger partial charge in [0, 0.05) is 23.2 Å². The molecule has 0 spiro atoms. The summed E-state index contributed by atoms with van der Waals surface area (Å²) < 4.78 is 5.90. The Kier molecular flexibility index (Phi) is 6.21. The third kappa shape index (κ3) is 4.89. The van der Waals surface area contributed by atoms with Gasteiger partial charge in [0.2, 0.25) is 5.88 Å². The van der Waals surface area contributed by atoms with Crippen molar-refractivity contribution in [3.05, 3.63) is 53.2 Å². The molecular weight excluding hydrogens is 356 g/mol. The van der Waals surface area contributed by atoms with Crippen LogP contribution in [0.25, 0.3) is 0 Å². The zero-order chi connectivity index (χ0) is 17.6. The summed E-state index contributed by atoms with van der Waals surface area (Å²) in [7, 11) is 0. The first kappa shape index (κ1) is 18.1. The number of aromatic nitrogens is 1. The van der Waals surface area contributed by atoms with E-state index >= 15 is 0 Å². The van der Waals surface area contributed by atoms with Gasteiger partial charge in [-0.3, -0.25) is 4.79 Å². The van der Waals surface area contributed by atoms with Gasteiger partial charge in [0.15, 0.2) is 0 Å². The molecule has 1 saturated carbocycles. The van der Waals surface area contributed by atoms with Gasteiger partial charge in [-0.15, -0.1) is 11.8 Å². The largest absolute Gasteiger partial charge is 0.474 e. The number of ether oxygens (including phenoxy) is 1. The summed E-state index contributed by atoms with van der Waals surface area (Å²) in [5, 5.41) is 3.76. The van der Waals surface area contributed by atoms with Crippen molar-refractivity contribution in [1.29, 1.82) is 0 Å². The lowest BCUT2D eigenvalue weighted by Gasteiger charge is -2.29. The van der Waals surface area contributed by atoms with Gasteiger partial charge in [0.05, 0.1) is 10.6 Å². The summed E-state index contributed by atoms with van der Waals surface area (Å²) >= 11 is 7.43. The van der Waals surface area contributed by atoms with Crippen molar-refractivity contribution in [3.63, 3.8) is 0 Å². The van der Waals surface area contributed by atoms with Crippen molar-refractivity contribution in [1.82, 2.24) is 10.3 Å². The lowest BCUT2D eigenvalue weighted by atomic mass is 9.92. The molecule has 3 rings (SSSR count). The Hall–Kier alpha value is -1.72. The summed E-state index contributed by atoms with van der Waals surface area (Å²) in [5.41, 5.74) is 0.749. The van der Waals surface area contributed by atoms with E-state index in [-0.39, 0.29) is 18.1 Å². The number of halogens is 1. The highest BCUT2D eigenvalue weighted by atomic mass is 35.5. The second-order valence-corrected chi connectivity index (χ2v) is 7.36. The Morgan fingerprint density at radius 1 is 1.20 bits per heavy atom. The maximum atomic E-state index is 12.5. The molecule has 2 aromatic rings. The first-order valence-corrected chi connectivity index (χ1v) is 9.98. The van der Waals surface area contributed by atoms with E-state index in [1.165, 1.54) is 0 Å². The van der Waals surface area contributed by atoms with Crippen LogP contribution in [0.3, 0.4) is 0 Å². The molecule has 1 fully saturated rings. The number of hydrogen-bond donors (Lipinski definition) is 1. The number of carbonyl (C=O) groups is 1. The summed E-state index contributed by atoms with van der Waals surface area (Å²) in [6, 6.07) is 11.5. The van der Waals surface area contributed by atoms with E-state index in [4.69, 9.17) is 16.3 Å². The summed E-state index contributed by atoms with van der Waals surface area (Å²) in [6.07, 6.45) is 7.33. The molecule has 0 unspecified atom stereocenters. The van der Waals surface area contributed by atoms with Gasteiger partial charge in [-0.25, -0.2) is 4.98 Å². The average Bonchev–Trinajstić information content (AvgIpc) is 2.65. The average molecular weight is 377 g/mol. The summed E-state index contributed by atoms with van der Waals surface area (Å²) in [5.74, 6) is 0.611. The predicted molar refractivity (Wildman–Crippen MR) is 102 cm³/mol. The van der Waals surface area contributed by atoms with Crippen molar-refractivity contribution in [3.8, 4) is 5.88 Å². The molecule has 25 heavy (non-hydrogen) atoms. The monoisotopic (exact) mass is 376 g/mol. The molecule has 1 aromatic carbocycles. The van der Waals surface area contributed by atoms with Crippen molar-refractivity contribution < 1.29 is 9.53 Å². The Morgan fingerprint density at radius 3 is 2.64 bits per heavy atom. The van der Waals surface area contributed by atoms with Crippen LogP contribution in [0.5, 0.6) is 5.88 Å². The van der Waals surface area contributed by atoms with Gasteiger partial charge < -0.3 is 10.1 Å². The number of amides is 1. The standard InChI is InChI=1S/C19H21ClN2O2S/c1-25-17-5-3-2-4-16(17)19(23)22-14-7-9-15(10-8-14)24-18-11-6-13(20)12-21-18/h2-6,11-12,14-15H,7-10H2,1H3,(H,22,23). The van der Waals surface area contributed by atoms with Gasteiger partial charge in [0.1, 0.15) is 6.10 Å². The maximum Gasteiger partial charge on any atom is 0.252 e. The third-order valence-corrected chi connectivity index (χ3v) is 5.37. The number of benzene rings is 1. The molecule has 0 atom stereocenters. The van der Waals surface area contributed by atoms with Crippen molar-refractivity contribution in [2.24, 2.45) is 0 Å². The number of thioether (sulfide) groups is 1. The van der Waals surface area contributed by atoms with Crippen LogP contribution in [0.15, 0.2) is 47.5 Å². The number of nitrogens with zero attached hydrogens (tertiary/aromatic N) is 1. The first-order valence-electron chi connectivity index (χ1n) is 8.38. The fourth-order valence-electron chi connectivity index (χ4n) is 3.02. The Bertz CT molecular complexity index is 716. The van der Waals surface area contributed by atoms with Crippen molar-refractivity contribution >= 4 is 29.3 Å². The Balaban J connectivity index is 1.50. The van der Waals surface area contributed by atoms with E-state index in [0.29, 0.717) is 10.9 Å². The van der Waals surface area contributed by atoms with Gasteiger partial charge in [0.25, 0.3) is 5.91 Å². The molecule has 1 N–H and O–H groups in total. The number of carbonyl (C=O) groups excluding carboxylic acids is 1. The van der Waals surface area contributed by atoms with E-state index < -0.39 is 0 Å². The highest BCUT2D eigenvalue weighted by Gasteiger charge is 2.24. The minimum Gasteiger partial charge on any atom is -0.474 e. The number of rotatable bonds is 5. The number of pyridine rings is 1. The van der Waals surface area contributed by atoms with E-state index in [0.717, 1.165) is 36.1 Å². The van der Waals surface area contributed by atoms with E-state index in [9.17, 15) is 4.79 Å². The topological polar surface area (TPSA) is 51.2 Å². The van der Waals surface area contributed by atoms with Crippen LogP contribution < -0.4 is 10.1 Å². The van der Waals surface area contributed by atoms with Gasteiger partial charge in [-0.2, -0.15) is 0 Å². The first-order chi connectivity index (χ1) is 12.2. The lowest BCUT2D eigenvalue weighted by Crippen LogP contribution is -2.39. The smallest absolute Gasteiger partial charge is 0.252 e. The number of hydrogen-bond acceptors (Lipinski definition) is 4. The zero-order valence-electron chi connectivity index (χ0n) is 14.1. The molecule has 132 valence electrons. The molecule has 1 aliphatic rings. The van der Waals surface area contributed by atoms with Gasteiger partial charge in [-0.1, -0.05) is 23.7 Å². The molecule has 6 heteroatoms. The van der Waals surface area contributed by atoms with Crippen LogP contribution in [0, 0.1) is 0 Å². The minimum absolute atomic E-state index is 0.00804. The van der Waals surface area contributed by atoms with Crippen LogP contribution in [0.1, 0.15) is 36.0 Å². The SMILES string of the molecule is CSc1ccccc1C(=O)NC1CCC(Oc2ccc(Cl)cn2)CC1. The van der Waals surface area contributed by atoms with Gasteiger partial charge >= 0.3 is 0 Å². The summed E-state index contributed by atoms with van der Waals surface area (Å²) in [4.78, 5) is 17.7. The maximum absolute atomic E-state index is 12.5.